The van der Waals surface area contributed by atoms with Crippen molar-refractivity contribution in [3.05, 3.63) is 29.8 Å². The fourth-order valence-corrected chi connectivity index (χ4v) is 3.93. The first-order valence-corrected chi connectivity index (χ1v) is 9.97. The lowest BCUT2D eigenvalue weighted by molar-refractivity contribution is -0.148. The number of carbonyl (C=O) groups excluding carboxylic acids is 2. The maximum atomic E-state index is 13.2. The molecule has 164 valence electrons. The Bertz CT molecular complexity index is 812. The van der Waals surface area contributed by atoms with Crippen molar-refractivity contribution in [2.24, 2.45) is 0 Å². The smallest absolute Gasteiger partial charge is 0.418 e. The minimum Gasteiger partial charge on any atom is -0.464 e. The molecule has 2 heterocycles. The van der Waals surface area contributed by atoms with Crippen LogP contribution in [0.2, 0.25) is 0 Å². The van der Waals surface area contributed by atoms with Gasteiger partial charge in [0.2, 0.25) is 0 Å². The zero-order valence-electron chi connectivity index (χ0n) is 16.3. The summed E-state index contributed by atoms with van der Waals surface area (Å²) >= 11 is 5.30. The molecule has 7 nitrogen and oxygen atoms in total. The summed E-state index contributed by atoms with van der Waals surface area (Å²) in [5.41, 5.74) is -0.901. The molecule has 1 atom stereocenters. The zero-order valence-corrected chi connectivity index (χ0v) is 17.1. The van der Waals surface area contributed by atoms with Crippen molar-refractivity contribution in [2.45, 2.75) is 38.0 Å². The molecule has 0 aliphatic carbocycles. The summed E-state index contributed by atoms with van der Waals surface area (Å²) in [4.78, 5) is 27.4. The largest absolute Gasteiger partial charge is 0.464 e. The second kappa shape index (κ2) is 9.07. The van der Waals surface area contributed by atoms with E-state index >= 15 is 0 Å². The van der Waals surface area contributed by atoms with Gasteiger partial charge >= 0.3 is 18.2 Å². The van der Waals surface area contributed by atoms with Gasteiger partial charge in [-0.05, 0) is 44.1 Å². The number of hydrogen-bond acceptors (Lipinski definition) is 5. The maximum absolute atomic E-state index is 13.2. The molecular formula is C19H22F3N3O4S. The third kappa shape index (κ3) is 4.77. The molecule has 0 spiro atoms. The van der Waals surface area contributed by atoms with Gasteiger partial charge in [-0.25, -0.2) is 9.59 Å². The van der Waals surface area contributed by atoms with Gasteiger partial charge in [0.15, 0.2) is 11.2 Å². The first-order valence-electron chi connectivity index (χ1n) is 9.56. The van der Waals surface area contributed by atoms with Crippen LogP contribution in [0.3, 0.4) is 0 Å². The number of anilines is 1. The molecule has 0 saturated carbocycles. The van der Waals surface area contributed by atoms with Crippen molar-refractivity contribution in [3.63, 3.8) is 0 Å². The van der Waals surface area contributed by atoms with Crippen LogP contribution in [0.25, 0.3) is 0 Å². The van der Waals surface area contributed by atoms with Crippen LogP contribution < -0.4 is 5.32 Å². The van der Waals surface area contributed by atoms with Gasteiger partial charge in [0.05, 0.1) is 17.9 Å². The lowest BCUT2D eigenvalue weighted by Crippen LogP contribution is -2.52. The molecule has 1 aromatic carbocycles. The summed E-state index contributed by atoms with van der Waals surface area (Å²) in [7, 11) is 0. The molecule has 0 unspecified atom stereocenters. The molecule has 0 radical (unpaired) electrons. The van der Waals surface area contributed by atoms with Crippen LogP contribution in [0.4, 0.5) is 23.7 Å². The predicted octanol–water partition coefficient (Wildman–Crippen LogP) is 3.25. The number of ether oxygens (including phenoxy) is 2. The highest BCUT2D eigenvalue weighted by Gasteiger charge is 2.44. The van der Waals surface area contributed by atoms with E-state index in [9.17, 15) is 22.8 Å². The predicted molar refractivity (Wildman–Crippen MR) is 106 cm³/mol. The number of nitrogens with zero attached hydrogens (tertiary/aromatic N) is 2. The minimum atomic E-state index is -4.50. The molecule has 3 rings (SSSR count). The molecule has 2 aliphatic heterocycles. The van der Waals surface area contributed by atoms with Gasteiger partial charge in [0, 0.05) is 19.1 Å². The summed E-state index contributed by atoms with van der Waals surface area (Å²) in [6, 6.07) is 4.12. The Morgan fingerprint density at radius 1 is 1.30 bits per heavy atom. The molecular weight excluding hydrogens is 423 g/mol. The lowest BCUT2D eigenvalue weighted by atomic mass is 10.0. The number of alkyl halides is 3. The highest BCUT2D eigenvalue weighted by molar-refractivity contribution is 7.80. The number of para-hydroxylation sites is 1. The number of cyclic esters (lactones) is 1. The van der Waals surface area contributed by atoms with Crippen molar-refractivity contribution in [1.29, 1.82) is 0 Å². The first kappa shape index (κ1) is 22.1. The van der Waals surface area contributed by atoms with E-state index in [-0.39, 0.29) is 30.1 Å². The van der Waals surface area contributed by atoms with Crippen LogP contribution in [0.1, 0.15) is 25.3 Å². The van der Waals surface area contributed by atoms with Gasteiger partial charge in [-0.1, -0.05) is 12.1 Å². The number of hydrogen-bond donors (Lipinski definition) is 1. The van der Waals surface area contributed by atoms with Gasteiger partial charge < -0.3 is 19.7 Å². The van der Waals surface area contributed by atoms with Gasteiger partial charge in [-0.3, -0.25) is 4.90 Å². The Hall–Kier alpha value is -2.56. The number of thiocarbonyl (C=S) groups is 1. The van der Waals surface area contributed by atoms with Gasteiger partial charge in [0.25, 0.3) is 0 Å². The molecule has 2 fully saturated rings. The van der Waals surface area contributed by atoms with Crippen LogP contribution in [0.15, 0.2) is 24.3 Å². The van der Waals surface area contributed by atoms with E-state index in [2.05, 4.69) is 5.32 Å². The van der Waals surface area contributed by atoms with Crippen molar-refractivity contribution in [1.82, 2.24) is 9.80 Å². The molecule has 1 N–H and O–H groups in total. The lowest BCUT2D eigenvalue weighted by Gasteiger charge is -2.38. The SMILES string of the molecule is CCOC(=O)[C@@H]1COC(=O)N1C1CCN(C(=S)Nc2ccccc2C(F)(F)F)CC1. The zero-order chi connectivity index (χ0) is 21.9. The summed E-state index contributed by atoms with van der Waals surface area (Å²) < 4.78 is 49.6. The number of benzene rings is 1. The number of likely N-dealkylation sites (tertiary alicyclic amines) is 1. The average molecular weight is 445 g/mol. The Balaban J connectivity index is 1.61. The fourth-order valence-electron chi connectivity index (χ4n) is 3.64. The number of halogens is 3. The standard InChI is InChI=1S/C19H22F3N3O4S/c1-2-28-16(26)15-11-29-18(27)25(15)12-7-9-24(10-8-12)17(30)23-14-6-4-3-5-13(14)19(20,21)22/h3-6,12,15H,2,7-11H2,1H3,(H,23,30)/t15-/m0/s1. The molecule has 0 aromatic heterocycles. The van der Waals surface area contributed by atoms with E-state index < -0.39 is 29.8 Å². The normalized spacial score (nSPS) is 20.1. The number of nitrogens with one attached hydrogen (secondary N) is 1. The van der Waals surface area contributed by atoms with E-state index in [0.29, 0.717) is 25.9 Å². The van der Waals surface area contributed by atoms with Gasteiger partial charge in [-0.15, -0.1) is 0 Å². The van der Waals surface area contributed by atoms with Gasteiger partial charge in [-0.2, -0.15) is 13.2 Å². The van der Waals surface area contributed by atoms with Crippen LogP contribution in [0, 0.1) is 0 Å². The monoisotopic (exact) mass is 445 g/mol. The van der Waals surface area contributed by atoms with Crippen LogP contribution in [-0.2, 0) is 20.4 Å². The van der Waals surface area contributed by atoms with E-state index in [1.54, 1.807) is 11.8 Å². The third-order valence-electron chi connectivity index (χ3n) is 5.09. The maximum Gasteiger partial charge on any atom is 0.418 e. The van der Waals surface area contributed by atoms with Crippen molar-refractivity contribution in [3.8, 4) is 0 Å². The fraction of sp³-hybridized carbons (Fsp3) is 0.526. The highest BCUT2D eigenvalue weighted by Crippen LogP contribution is 2.35. The quantitative estimate of drug-likeness (QED) is 0.564. The van der Waals surface area contributed by atoms with Crippen LogP contribution in [-0.4, -0.2) is 65.4 Å². The van der Waals surface area contributed by atoms with Crippen molar-refractivity contribution >= 4 is 35.1 Å². The van der Waals surface area contributed by atoms with E-state index in [1.165, 1.54) is 23.1 Å². The number of esters is 1. The van der Waals surface area contributed by atoms with Crippen LogP contribution >= 0.6 is 12.2 Å². The van der Waals surface area contributed by atoms with E-state index in [1.807, 2.05) is 0 Å². The topological polar surface area (TPSA) is 71.1 Å². The third-order valence-corrected chi connectivity index (χ3v) is 5.45. The summed E-state index contributed by atoms with van der Waals surface area (Å²) in [5, 5.41) is 2.86. The Morgan fingerprint density at radius 3 is 2.60 bits per heavy atom. The number of piperidine rings is 1. The van der Waals surface area contributed by atoms with Crippen molar-refractivity contribution < 1.29 is 32.2 Å². The Morgan fingerprint density at radius 2 is 1.97 bits per heavy atom. The molecule has 1 amide bonds. The number of amides is 1. The van der Waals surface area contributed by atoms with Crippen molar-refractivity contribution in [2.75, 3.05) is 31.6 Å². The first-order chi connectivity index (χ1) is 14.2. The summed E-state index contributed by atoms with van der Waals surface area (Å²) in [6.45, 7) is 2.68. The Kier molecular flexibility index (Phi) is 6.69. The molecule has 11 heteroatoms. The van der Waals surface area contributed by atoms with Gasteiger partial charge in [0.1, 0.15) is 6.61 Å². The minimum absolute atomic E-state index is 0.0495. The molecule has 1 aromatic rings. The Labute approximate surface area is 177 Å². The summed E-state index contributed by atoms with van der Waals surface area (Å²) in [6.07, 6.45) is -4.07. The number of rotatable bonds is 4. The molecule has 2 saturated heterocycles. The average Bonchev–Trinajstić information content (AvgIpc) is 3.09. The second-order valence-electron chi connectivity index (χ2n) is 6.94. The molecule has 30 heavy (non-hydrogen) atoms. The second-order valence-corrected chi connectivity index (χ2v) is 7.33. The van der Waals surface area contributed by atoms with Crippen LogP contribution in [0.5, 0.6) is 0 Å². The summed E-state index contributed by atoms with van der Waals surface area (Å²) in [5.74, 6) is -0.508. The van der Waals surface area contributed by atoms with E-state index in [0.717, 1.165) is 6.07 Å². The molecule has 2 aliphatic rings. The highest BCUT2D eigenvalue weighted by atomic mass is 32.1. The van der Waals surface area contributed by atoms with E-state index in [4.69, 9.17) is 21.7 Å². The number of carbonyl (C=O) groups is 2. The molecule has 0 bridgehead atoms.